The fourth-order valence-corrected chi connectivity index (χ4v) is 4.10. The van der Waals surface area contributed by atoms with Gasteiger partial charge in [0, 0.05) is 43.3 Å². The third-order valence-electron chi connectivity index (χ3n) is 5.41. The molecule has 0 aliphatic carbocycles. The molecule has 4 rings (SSSR count). The minimum atomic E-state index is 0.128. The Bertz CT molecular complexity index is 1060. The molecule has 0 radical (unpaired) electrons. The SMILES string of the molecule is C[C@@H]1C[C@H](c2ccc3cccc(C#N)c3n2)CN(C(=O)Cc2cnn(C)c2)C1. The van der Waals surface area contributed by atoms with Gasteiger partial charge in [0.25, 0.3) is 0 Å². The van der Waals surface area contributed by atoms with E-state index in [0.717, 1.165) is 35.1 Å². The van der Waals surface area contributed by atoms with Crippen LogP contribution < -0.4 is 0 Å². The minimum Gasteiger partial charge on any atom is -0.341 e. The number of nitriles is 1. The smallest absolute Gasteiger partial charge is 0.227 e. The lowest BCUT2D eigenvalue weighted by atomic mass is 9.87. The number of likely N-dealkylation sites (tertiary alicyclic amines) is 1. The lowest BCUT2D eigenvalue weighted by Crippen LogP contribution is -2.43. The van der Waals surface area contributed by atoms with Crippen LogP contribution >= 0.6 is 0 Å². The summed E-state index contributed by atoms with van der Waals surface area (Å²) in [4.78, 5) is 19.6. The number of carbonyl (C=O) groups excluding carboxylic acids is 1. The number of para-hydroxylation sites is 1. The lowest BCUT2D eigenvalue weighted by Gasteiger charge is -2.36. The molecular formula is C22H23N5O. The molecule has 28 heavy (non-hydrogen) atoms. The zero-order valence-corrected chi connectivity index (χ0v) is 16.2. The van der Waals surface area contributed by atoms with E-state index in [2.05, 4.69) is 18.1 Å². The van der Waals surface area contributed by atoms with Crippen molar-refractivity contribution in [1.82, 2.24) is 19.7 Å². The summed E-state index contributed by atoms with van der Waals surface area (Å²) >= 11 is 0. The van der Waals surface area contributed by atoms with E-state index in [1.54, 1.807) is 16.9 Å². The summed E-state index contributed by atoms with van der Waals surface area (Å²) in [6.07, 6.45) is 5.00. The predicted octanol–water partition coefficient (Wildman–Crippen LogP) is 3.03. The van der Waals surface area contributed by atoms with Crippen molar-refractivity contribution in [2.24, 2.45) is 13.0 Å². The number of rotatable bonds is 3. The maximum atomic E-state index is 12.8. The molecule has 3 heterocycles. The Labute approximate surface area is 164 Å². The largest absolute Gasteiger partial charge is 0.341 e. The molecule has 0 bridgehead atoms. The highest BCUT2D eigenvalue weighted by atomic mass is 16.2. The average Bonchev–Trinajstić information content (AvgIpc) is 3.11. The molecule has 2 atom stereocenters. The van der Waals surface area contributed by atoms with Gasteiger partial charge in [-0.2, -0.15) is 10.4 Å². The van der Waals surface area contributed by atoms with Crippen LogP contribution in [0.5, 0.6) is 0 Å². The predicted molar refractivity (Wildman–Crippen MR) is 106 cm³/mol. The number of fused-ring (bicyclic) bond motifs is 1. The minimum absolute atomic E-state index is 0.128. The molecule has 1 fully saturated rings. The van der Waals surface area contributed by atoms with E-state index in [1.165, 1.54) is 0 Å². The van der Waals surface area contributed by atoms with Crippen LogP contribution in [-0.4, -0.2) is 38.7 Å². The quantitative estimate of drug-likeness (QED) is 0.707. The summed E-state index contributed by atoms with van der Waals surface area (Å²) in [5, 5.41) is 14.5. The molecule has 6 nitrogen and oxygen atoms in total. The first-order valence-electron chi connectivity index (χ1n) is 9.58. The third kappa shape index (κ3) is 3.61. The zero-order chi connectivity index (χ0) is 19.7. The molecular weight excluding hydrogens is 350 g/mol. The Balaban J connectivity index is 1.57. The number of benzene rings is 1. The van der Waals surface area contributed by atoms with Gasteiger partial charge in [0.15, 0.2) is 0 Å². The van der Waals surface area contributed by atoms with Crippen molar-refractivity contribution in [1.29, 1.82) is 5.26 Å². The summed E-state index contributed by atoms with van der Waals surface area (Å²) in [5.74, 6) is 0.709. The maximum Gasteiger partial charge on any atom is 0.227 e. The van der Waals surface area contributed by atoms with Crippen molar-refractivity contribution >= 4 is 16.8 Å². The number of aryl methyl sites for hydroxylation is 1. The van der Waals surface area contributed by atoms with Gasteiger partial charge in [-0.1, -0.05) is 25.1 Å². The normalized spacial score (nSPS) is 19.5. The Morgan fingerprint density at radius 2 is 2.14 bits per heavy atom. The number of nitrogens with zero attached hydrogens (tertiary/aromatic N) is 5. The maximum absolute atomic E-state index is 12.8. The second kappa shape index (κ2) is 7.43. The molecule has 1 aliphatic heterocycles. The van der Waals surface area contributed by atoms with Crippen LogP contribution in [0.25, 0.3) is 10.9 Å². The van der Waals surface area contributed by atoms with Crippen molar-refractivity contribution < 1.29 is 4.79 Å². The van der Waals surface area contributed by atoms with E-state index in [9.17, 15) is 10.1 Å². The summed E-state index contributed by atoms with van der Waals surface area (Å²) in [5.41, 5.74) is 3.23. The number of amides is 1. The molecule has 0 N–H and O–H groups in total. The average molecular weight is 373 g/mol. The standard InChI is InChI=1S/C22H23N5O/c1-15-8-19(14-27(12-15)21(28)9-16-11-24-26(2)13-16)20-7-6-17-4-3-5-18(10-23)22(17)25-20/h3-7,11,13,15,19H,8-9,12,14H2,1-2H3/t15-,19+/m1/s1. The number of carbonyl (C=O) groups is 1. The van der Waals surface area contributed by atoms with E-state index in [4.69, 9.17) is 4.98 Å². The molecule has 0 unspecified atom stereocenters. The highest BCUT2D eigenvalue weighted by molar-refractivity contribution is 5.84. The van der Waals surface area contributed by atoms with E-state index in [0.29, 0.717) is 24.4 Å². The third-order valence-corrected chi connectivity index (χ3v) is 5.41. The summed E-state index contributed by atoms with van der Waals surface area (Å²) in [6, 6.07) is 11.9. The fourth-order valence-electron chi connectivity index (χ4n) is 4.10. The molecule has 6 heteroatoms. The molecule has 1 aromatic carbocycles. The summed E-state index contributed by atoms with van der Waals surface area (Å²) in [6.45, 7) is 3.61. The van der Waals surface area contributed by atoms with Gasteiger partial charge >= 0.3 is 0 Å². The monoisotopic (exact) mass is 373 g/mol. The van der Waals surface area contributed by atoms with Gasteiger partial charge < -0.3 is 4.90 Å². The topological polar surface area (TPSA) is 74.8 Å². The molecule has 1 saturated heterocycles. The number of hydrogen-bond donors (Lipinski definition) is 0. The zero-order valence-electron chi connectivity index (χ0n) is 16.2. The van der Waals surface area contributed by atoms with E-state index in [-0.39, 0.29) is 11.8 Å². The highest BCUT2D eigenvalue weighted by Gasteiger charge is 2.29. The number of hydrogen-bond acceptors (Lipinski definition) is 4. The molecule has 0 spiro atoms. The fraction of sp³-hybridized carbons (Fsp3) is 0.364. The number of piperidine rings is 1. The van der Waals surface area contributed by atoms with Crippen molar-refractivity contribution in [2.45, 2.75) is 25.7 Å². The Kier molecular flexibility index (Phi) is 4.82. The van der Waals surface area contributed by atoms with Crippen LogP contribution in [0.3, 0.4) is 0 Å². The lowest BCUT2D eigenvalue weighted by molar-refractivity contribution is -0.132. The van der Waals surface area contributed by atoms with Crippen LogP contribution in [0.1, 0.15) is 36.1 Å². The van der Waals surface area contributed by atoms with Gasteiger partial charge in [0.05, 0.1) is 23.7 Å². The van der Waals surface area contributed by atoms with Gasteiger partial charge in [-0.3, -0.25) is 14.5 Å². The molecule has 1 aliphatic rings. The van der Waals surface area contributed by atoms with Crippen LogP contribution in [0, 0.1) is 17.2 Å². The molecule has 142 valence electrons. The van der Waals surface area contributed by atoms with Gasteiger partial charge in [0.2, 0.25) is 5.91 Å². The van der Waals surface area contributed by atoms with Crippen LogP contribution in [0.2, 0.25) is 0 Å². The summed E-state index contributed by atoms with van der Waals surface area (Å²) in [7, 11) is 1.86. The first kappa shape index (κ1) is 18.2. The van der Waals surface area contributed by atoms with Gasteiger partial charge in [-0.05, 0) is 30.0 Å². The van der Waals surface area contributed by atoms with Crippen molar-refractivity contribution in [3.63, 3.8) is 0 Å². The Hall–Kier alpha value is -3.20. The van der Waals surface area contributed by atoms with Gasteiger partial charge in [-0.15, -0.1) is 0 Å². The number of pyridine rings is 1. The first-order chi connectivity index (χ1) is 13.5. The Morgan fingerprint density at radius 3 is 2.89 bits per heavy atom. The van der Waals surface area contributed by atoms with E-state index >= 15 is 0 Å². The molecule has 3 aromatic rings. The second-order valence-corrected chi connectivity index (χ2v) is 7.76. The van der Waals surface area contributed by atoms with Crippen molar-refractivity contribution in [3.8, 4) is 6.07 Å². The second-order valence-electron chi connectivity index (χ2n) is 7.76. The highest BCUT2D eigenvalue weighted by Crippen LogP contribution is 2.31. The van der Waals surface area contributed by atoms with Crippen molar-refractivity contribution in [3.05, 3.63) is 59.5 Å². The molecule has 1 amide bonds. The van der Waals surface area contributed by atoms with Gasteiger partial charge in [0.1, 0.15) is 6.07 Å². The van der Waals surface area contributed by atoms with E-state index in [1.807, 2.05) is 42.4 Å². The van der Waals surface area contributed by atoms with Gasteiger partial charge in [-0.25, -0.2) is 0 Å². The molecule has 2 aromatic heterocycles. The van der Waals surface area contributed by atoms with Crippen LogP contribution in [-0.2, 0) is 18.3 Å². The van der Waals surface area contributed by atoms with Crippen molar-refractivity contribution in [2.75, 3.05) is 13.1 Å². The van der Waals surface area contributed by atoms with Crippen LogP contribution in [0.15, 0.2) is 42.7 Å². The molecule has 0 saturated carbocycles. The van der Waals surface area contributed by atoms with E-state index < -0.39 is 0 Å². The first-order valence-corrected chi connectivity index (χ1v) is 9.58. The summed E-state index contributed by atoms with van der Waals surface area (Å²) < 4.78 is 1.72. The Morgan fingerprint density at radius 1 is 1.29 bits per heavy atom. The number of aromatic nitrogens is 3. The van der Waals surface area contributed by atoms with Crippen LogP contribution in [0.4, 0.5) is 0 Å².